The number of nitrogens with zero attached hydrogens (tertiary/aromatic N) is 1. The van der Waals surface area contributed by atoms with Crippen LogP contribution in [0, 0.1) is 5.41 Å². The number of hydrogen-bond acceptors (Lipinski definition) is 2. The first-order valence-corrected chi connectivity index (χ1v) is 6.84. The standard InChI is InChI=1S/C16H26N2O/c1-6-12-7-9-13(10-8-12)11-18(5)15(19)14(17)16(2,3)4/h7-10,14H,6,11,17H2,1-5H3. The molecule has 0 aliphatic carbocycles. The Hall–Kier alpha value is -1.35. The average molecular weight is 262 g/mol. The van der Waals surface area contributed by atoms with E-state index in [9.17, 15) is 4.79 Å². The monoisotopic (exact) mass is 262 g/mol. The number of carbonyl (C=O) groups is 1. The van der Waals surface area contributed by atoms with Crippen LogP contribution in [0.3, 0.4) is 0 Å². The number of aryl methyl sites for hydroxylation is 1. The van der Waals surface area contributed by atoms with Crippen LogP contribution in [-0.2, 0) is 17.8 Å². The van der Waals surface area contributed by atoms with E-state index in [1.165, 1.54) is 5.56 Å². The fourth-order valence-corrected chi connectivity index (χ4v) is 1.84. The van der Waals surface area contributed by atoms with E-state index in [1.54, 1.807) is 4.90 Å². The van der Waals surface area contributed by atoms with E-state index in [4.69, 9.17) is 5.73 Å². The molecule has 1 amide bonds. The summed E-state index contributed by atoms with van der Waals surface area (Å²) in [6.45, 7) is 8.69. The van der Waals surface area contributed by atoms with Crippen LogP contribution in [0.25, 0.3) is 0 Å². The van der Waals surface area contributed by atoms with Gasteiger partial charge in [-0.15, -0.1) is 0 Å². The largest absolute Gasteiger partial charge is 0.340 e. The Balaban J connectivity index is 2.68. The Kier molecular flexibility index (Phi) is 5.12. The van der Waals surface area contributed by atoms with Gasteiger partial charge in [-0.25, -0.2) is 0 Å². The van der Waals surface area contributed by atoms with Gasteiger partial charge in [0.2, 0.25) is 5.91 Å². The first-order valence-electron chi connectivity index (χ1n) is 6.84. The summed E-state index contributed by atoms with van der Waals surface area (Å²) < 4.78 is 0. The fourth-order valence-electron chi connectivity index (χ4n) is 1.84. The Morgan fingerprint density at radius 3 is 2.11 bits per heavy atom. The van der Waals surface area contributed by atoms with Crippen LogP contribution in [-0.4, -0.2) is 23.9 Å². The van der Waals surface area contributed by atoms with Gasteiger partial charge in [0, 0.05) is 13.6 Å². The van der Waals surface area contributed by atoms with Crippen molar-refractivity contribution in [2.45, 2.75) is 46.7 Å². The van der Waals surface area contributed by atoms with Gasteiger partial charge in [-0.05, 0) is 23.0 Å². The summed E-state index contributed by atoms with van der Waals surface area (Å²) in [5, 5.41) is 0. The van der Waals surface area contributed by atoms with Gasteiger partial charge in [0.05, 0.1) is 6.04 Å². The van der Waals surface area contributed by atoms with Crippen molar-refractivity contribution in [3.05, 3.63) is 35.4 Å². The van der Waals surface area contributed by atoms with E-state index in [2.05, 4.69) is 31.2 Å². The van der Waals surface area contributed by atoms with Gasteiger partial charge >= 0.3 is 0 Å². The van der Waals surface area contributed by atoms with Crippen LogP contribution >= 0.6 is 0 Å². The van der Waals surface area contributed by atoms with Crippen LogP contribution in [0.4, 0.5) is 0 Å². The molecular formula is C16H26N2O. The topological polar surface area (TPSA) is 46.3 Å². The molecule has 0 aliphatic heterocycles. The van der Waals surface area contributed by atoms with E-state index in [0.29, 0.717) is 6.54 Å². The molecule has 3 heteroatoms. The molecule has 2 N–H and O–H groups in total. The van der Waals surface area contributed by atoms with Crippen molar-refractivity contribution in [2.24, 2.45) is 11.1 Å². The van der Waals surface area contributed by atoms with Gasteiger partial charge in [0.25, 0.3) is 0 Å². The Labute approximate surface area is 116 Å². The predicted molar refractivity (Wildman–Crippen MR) is 79.7 cm³/mol. The third-order valence-electron chi connectivity index (χ3n) is 3.43. The maximum Gasteiger partial charge on any atom is 0.240 e. The van der Waals surface area contributed by atoms with Crippen molar-refractivity contribution < 1.29 is 4.79 Å². The highest BCUT2D eigenvalue weighted by Crippen LogP contribution is 2.19. The van der Waals surface area contributed by atoms with E-state index >= 15 is 0 Å². The molecule has 1 atom stereocenters. The molecule has 0 fully saturated rings. The van der Waals surface area contributed by atoms with Crippen molar-refractivity contribution >= 4 is 5.91 Å². The molecule has 0 aliphatic rings. The lowest BCUT2D eigenvalue weighted by Crippen LogP contribution is -2.48. The number of hydrogen-bond donors (Lipinski definition) is 1. The Morgan fingerprint density at radius 1 is 1.21 bits per heavy atom. The molecule has 0 aromatic heterocycles. The van der Waals surface area contributed by atoms with Crippen LogP contribution < -0.4 is 5.73 Å². The number of rotatable bonds is 4. The van der Waals surface area contributed by atoms with Gasteiger partial charge in [0.1, 0.15) is 0 Å². The number of carbonyl (C=O) groups excluding carboxylic acids is 1. The lowest BCUT2D eigenvalue weighted by molar-refractivity contribution is -0.134. The van der Waals surface area contributed by atoms with E-state index in [0.717, 1.165) is 12.0 Å². The van der Waals surface area contributed by atoms with Gasteiger partial charge in [0.15, 0.2) is 0 Å². The first kappa shape index (κ1) is 15.7. The average Bonchev–Trinajstić information content (AvgIpc) is 2.36. The highest BCUT2D eigenvalue weighted by atomic mass is 16.2. The number of benzene rings is 1. The maximum absolute atomic E-state index is 12.2. The van der Waals surface area contributed by atoms with Crippen LogP contribution in [0.1, 0.15) is 38.8 Å². The Bertz CT molecular complexity index is 417. The molecule has 0 saturated carbocycles. The molecule has 0 heterocycles. The molecule has 0 bridgehead atoms. The fraction of sp³-hybridized carbons (Fsp3) is 0.562. The first-order chi connectivity index (χ1) is 8.75. The van der Waals surface area contributed by atoms with Crippen molar-refractivity contribution in [3.8, 4) is 0 Å². The zero-order chi connectivity index (χ0) is 14.6. The molecule has 0 spiro atoms. The zero-order valence-electron chi connectivity index (χ0n) is 12.7. The van der Waals surface area contributed by atoms with Crippen LogP contribution in [0.2, 0.25) is 0 Å². The highest BCUT2D eigenvalue weighted by molar-refractivity contribution is 5.82. The van der Waals surface area contributed by atoms with Crippen LogP contribution in [0.15, 0.2) is 24.3 Å². The minimum Gasteiger partial charge on any atom is -0.340 e. The summed E-state index contributed by atoms with van der Waals surface area (Å²) in [6, 6.07) is 7.90. The molecule has 106 valence electrons. The summed E-state index contributed by atoms with van der Waals surface area (Å²) in [7, 11) is 1.81. The molecule has 0 saturated heterocycles. The van der Waals surface area contributed by atoms with Crippen molar-refractivity contribution in [1.29, 1.82) is 0 Å². The molecule has 1 aromatic rings. The van der Waals surface area contributed by atoms with Crippen molar-refractivity contribution in [3.63, 3.8) is 0 Å². The minimum absolute atomic E-state index is 0.00734. The lowest BCUT2D eigenvalue weighted by Gasteiger charge is -2.30. The number of amides is 1. The summed E-state index contributed by atoms with van der Waals surface area (Å²) in [5.74, 6) is -0.00734. The quantitative estimate of drug-likeness (QED) is 0.906. The van der Waals surface area contributed by atoms with Crippen LogP contribution in [0.5, 0.6) is 0 Å². The van der Waals surface area contributed by atoms with E-state index < -0.39 is 6.04 Å². The molecule has 0 radical (unpaired) electrons. The SMILES string of the molecule is CCc1ccc(CN(C)C(=O)C(N)C(C)(C)C)cc1. The predicted octanol–water partition coefficient (Wildman–Crippen LogP) is 2.58. The summed E-state index contributed by atoms with van der Waals surface area (Å²) in [4.78, 5) is 13.9. The normalized spacial score (nSPS) is 13.2. The second kappa shape index (κ2) is 6.20. The van der Waals surface area contributed by atoms with Crippen molar-refractivity contribution in [2.75, 3.05) is 7.05 Å². The summed E-state index contributed by atoms with van der Waals surface area (Å²) in [5.41, 5.74) is 8.24. The van der Waals surface area contributed by atoms with E-state index in [-0.39, 0.29) is 11.3 Å². The second-order valence-electron chi connectivity index (χ2n) is 6.21. The third-order valence-corrected chi connectivity index (χ3v) is 3.43. The molecular weight excluding hydrogens is 236 g/mol. The molecule has 1 aromatic carbocycles. The highest BCUT2D eigenvalue weighted by Gasteiger charge is 2.29. The summed E-state index contributed by atoms with van der Waals surface area (Å²) in [6.07, 6.45) is 1.03. The zero-order valence-corrected chi connectivity index (χ0v) is 12.7. The van der Waals surface area contributed by atoms with Gasteiger partial charge < -0.3 is 10.6 Å². The minimum atomic E-state index is -0.465. The van der Waals surface area contributed by atoms with Gasteiger partial charge in [-0.3, -0.25) is 4.79 Å². The molecule has 3 nitrogen and oxygen atoms in total. The van der Waals surface area contributed by atoms with Crippen molar-refractivity contribution in [1.82, 2.24) is 4.90 Å². The third kappa shape index (κ3) is 4.35. The number of nitrogens with two attached hydrogens (primary N) is 1. The molecule has 1 unspecified atom stereocenters. The smallest absolute Gasteiger partial charge is 0.240 e. The lowest BCUT2D eigenvalue weighted by atomic mass is 9.86. The second-order valence-corrected chi connectivity index (χ2v) is 6.21. The maximum atomic E-state index is 12.2. The van der Waals surface area contributed by atoms with Gasteiger partial charge in [-0.1, -0.05) is 52.0 Å². The number of likely N-dealkylation sites (N-methyl/N-ethyl adjacent to an activating group) is 1. The molecule has 19 heavy (non-hydrogen) atoms. The molecule has 1 rings (SSSR count). The summed E-state index contributed by atoms with van der Waals surface area (Å²) >= 11 is 0. The Morgan fingerprint density at radius 2 is 1.68 bits per heavy atom. The van der Waals surface area contributed by atoms with Gasteiger partial charge in [-0.2, -0.15) is 0 Å². The van der Waals surface area contributed by atoms with E-state index in [1.807, 2.05) is 27.8 Å².